The molecule has 0 saturated carbocycles. The minimum Gasteiger partial charge on any atom is -0.496 e. The van der Waals surface area contributed by atoms with Crippen LogP contribution in [-0.2, 0) is 11.3 Å². The van der Waals surface area contributed by atoms with E-state index in [0.717, 1.165) is 41.1 Å². The number of rotatable bonds is 5. The van der Waals surface area contributed by atoms with E-state index in [1.165, 1.54) is 0 Å². The number of pyridine rings is 1. The number of fused-ring (bicyclic) bond motifs is 1. The summed E-state index contributed by atoms with van der Waals surface area (Å²) in [4.78, 5) is 25.6. The maximum atomic E-state index is 12.9. The van der Waals surface area contributed by atoms with Crippen LogP contribution in [0.2, 0.25) is 5.02 Å². The number of hydrogen-bond donors (Lipinski definition) is 0. The number of ether oxygens (including phenoxy) is 1. The second-order valence-electron chi connectivity index (χ2n) is 8.01. The highest BCUT2D eigenvalue weighted by molar-refractivity contribution is 6.31. The van der Waals surface area contributed by atoms with Gasteiger partial charge in [-0.05, 0) is 24.3 Å². The molecule has 4 aromatic rings. The molecular weight excluding hydrogens is 442 g/mol. The number of oxazole rings is 1. The molecule has 0 radical (unpaired) electrons. The molecule has 0 N–H and O–H groups in total. The molecule has 0 aliphatic carbocycles. The third-order valence-electron chi connectivity index (χ3n) is 5.94. The van der Waals surface area contributed by atoms with Gasteiger partial charge in [-0.3, -0.25) is 4.79 Å². The molecule has 1 aliphatic rings. The Hall–Kier alpha value is -3.52. The van der Waals surface area contributed by atoms with Crippen molar-refractivity contribution in [3.63, 3.8) is 0 Å². The van der Waals surface area contributed by atoms with Crippen LogP contribution in [0.5, 0.6) is 5.75 Å². The fraction of sp³-hybridized carbons (Fsp3) is 0.292. The van der Waals surface area contributed by atoms with Crippen molar-refractivity contribution >= 4 is 34.2 Å². The molecule has 1 saturated heterocycles. The molecule has 8 nitrogen and oxygen atoms in total. The number of aromatic nitrogens is 3. The number of benzene rings is 1. The summed E-state index contributed by atoms with van der Waals surface area (Å²) < 4.78 is 13.1. The van der Waals surface area contributed by atoms with Gasteiger partial charge in [0.25, 0.3) is 0 Å². The second-order valence-corrected chi connectivity index (χ2v) is 8.44. The lowest BCUT2D eigenvalue weighted by Gasteiger charge is -2.36. The number of piperazine rings is 1. The van der Waals surface area contributed by atoms with Crippen molar-refractivity contribution in [3.8, 4) is 17.1 Å². The number of hydrogen-bond acceptors (Lipinski definition) is 6. The maximum absolute atomic E-state index is 12.9. The van der Waals surface area contributed by atoms with Crippen molar-refractivity contribution in [2.45, 2.75) is 13.5 Å². The molecule has 1 aliphatic heterocycles. The zero-order valence-electron chi connectivity index (χ0n) is 18.5. The van der Waals surface area contributed by atoms with Gasteiger partial charge in [0, 0.05) is 62.6 Å². The molecule has 4 heterocycles. The van der Waals surface area contributed by atoms with Crippen molar-refractivity contribution in [2.24, 2.45) is 0 Å². The molecule has 0 bridgehead atoms. The summed E-state index contributed by atoms with van der Waals surface area (Å²) in [5.41, 5.74) is 2.68. The first kappa shape index (κ1) is 21.3. The number of methoxy groups -OCH3 is 1. The zero-order valence-corrected chi connectivity index (χ0v) is 19.2. The SMILES string of the molecule is COc1cc(N2CCN(C(=O)Cn3ccc4cc(Cl)cnc43)CC2)ccc1-c1cnc(C)o1. The number of aryl methyl sites for hydroxylation is 1. The van der Waals surface area contributed by atoms with Crippen LogP contribution < -0.4 is 9.64 Å². The number of nitrogens with zero attached hydrogens (tertiary/aromatic N) is 5. The number of halogens is 1. The summed E-state index contributed by atoms with van der Waals surface area (Å²) in [6.45, 7) is 4.88. The molecular formula is C24H24ClN5O3. The van der Waals surface area contributed by atoms with E-state index in [-0.39, 0.29) is 12.5 Å². The summed E-state index contributed by atoms with van der Waals surface area (Å²) in [6.07, 6.45) is 5.19. The van der Waals surface area contributed by atoms with E-state index < -0.39 is 0 Å². The summed E-state index contributed by atoms with van der Waals surface area (Å²) in [7, 11) is 1.65. The van der Waals surface area contributed by atoms with Crippen LogP contribution in [0.15, 0.2) is 53.3 Å². The third kappa shape index (κ3) is 4.26. The first-order chi connectivity index (χ1) is 16.0. The Kier molecular flexibility index (Phi) is 5.68. The molecule has 1 aromatic carbocycles. The van der Waals surface area contributed by atoms with Gasteiger partial charge in [0.15, 0.2) is 11.7 Å². The number of amides is 1. The first-order valence-electron chi connectivity index (χ1n) is 10.8. The highest BCUT2D eigenvalue weighted by Crippen LogP contribution is 2.34. The third-order valence-corrected chi connectivity index (χ3v) is 6.15. The Morgan fingerprint density at radius 1 is 1.12 bits per heavy atom. The van der Waals surface area contributed by atoms with E-state index in [1.54, 1.807) is 19.5 Å². The Balaban J connectivity index is 1.24. The van der Waals surface area contributed by atoms with Crippen molar-refractivity contribution in [3.05, 3.63) is 59.8 Å². The molecule has 1 amide bonds. The fourth-order valence-corrected chi connectivity index (χ4v) is 4.37. The number of carbonyl (C=O) groups is 1. The summed E-state index contributed by atoms with van der Waals surface area (Å²) in [6, 6.07) is 9.83. The van der Waals surface area contributed by atoms with Gasteiger partial charge in [-0.2, -0.15) is 0 Å². The summed E-state index contributed by atoms with van der Waals surface area (Å²) in [5, 5.41) is 1.52. The lowest BCUT2D eigenvalue weighted by molar-refractivity contribution is -0.132. The molecule has 1 fully saturated rings. The van der Waals surface area contributed by atoms with E-state index >= 15 is 0 Å². The van der Waals surface area contributed by atoms with E-state index in [4.69, 9.17) is 20.8 Å². The number of carbonyl (C=O) groups excluding carboxylic acids is 1. The highest BCUT2D eigenvalue weighted by Gasteiger charge is 2.23. The van der Waals surface area contributed by atoms with Crippen molar-refractivity contribution in [1.29, 1.82) is 0 Å². The standard InChI is InChI=1S/C24H24ClN5O3/c1-16-26-14-22(33-16)20-4-3-19(12-21(20)32-2)28-7-9-29(10-8-28)23(31)15-30-6-5-17-11-18(25)13-27-24(17)30/h3-6,11-14H,7-10,15H2,1-2H3. The largest absolute Gasteiger partial charge is 0.496 e. The lowest BCUT2D eigenvalue weighted by atomic mass is 10.1. The van der Waals surface area contributed by atoms with Gasteiger partial charge in [-0.25, -0.2) is 9.97 Å². The predicted molar refractivity (Wildman–Crippen MR) is 127 cm³/mol. The fourth-order valence-electron chi connectivity index (χ4n) is 4.20. The van der Waals surface area contributed by atoms with Crippen molar-refractivity contribution < 1.29 is 13.9 Å². The molecule has 5 rings (SSSR count). The van der Waals surface area contributed by atoms with Gasteiger partial charge in [0.05, 0.1) is 23.9 Å². The summed E-state index contributed by atoms with van der Waals surface area (Å²) in [5.74, 6) is 2.11. The quantitative estimate of drug-likeness (QED) is 0.443. The van der Waals surface area contributed by atoms with Gasteiger partial charge in [0.1, 0.15) is 17.9 Å². The molecule has 9 heteroatoms. The summed E-state index contributed by atoms with van der Waals surface area (Å²) >= 11 is 6.01. The van der Waals surface area contributed by atoms with Crippen LogP contribution in [-0.4, -0.2) is 58.6 Å². The average molecular weight is 466 g/mol. The van der Waals surface area contributed by atoms with Gasteiger partial charge >= 0.3 is 0 Å². The van der Waals surface area contributed by atoms with Crippen LogP contribution >= 0.6 is 11.6 Å². The molecule has 0 unspecified atom stereocenters. The molecule has 0 spiro atoms. The molecule has 3 aromatic heterocycles. The highest BCUT2D eigenvalue weighted by atomic mass is 35.5. The molecule has 170 valence electrons. The monoisotopic (exact) mass is 465 g/mol. The van der Waals surface area contributed by atoms with E-state index in [0.29, 0.717) is 29.8 Å². The van der Waals surface area contributed by atoms with E-state index in [2.05, 4.69) is 20.9 Å². The Morgan fingerprint density at radius 3 is 2.67 bits per heavy atom. The topological polar surface area (TPSA) is 76.6 Å². The van der Waals surface area contributed by atoms with Gasteiger partial charge < -0.3 is 23.5 Å². The normalized spacial score (nSPS) is 14.2. The first-order valence-corrected chi connectivity index (χ1v) is 11.1. The van der Waals surface area contributed by atoms with Gasteiger partial charge in [-0.15, -0.1) is 0 Å². The Labute approximate surface area is 196 Å². The molecule has 33 heavy (non-hydrogen) atoms. The van der Waals surface area contributed by atoms with Gasteiger partial charge in [0.2, 0.25) is 5.91 Å². The smallest absolute Gasteiger partial charge is 0.242 e. The predicted octanol–water partition coefficient (Wildman–Crippen LogP) is 4.01. The van der Waals surface area contributed by atoms with Crippen LogP contribution in [0, 0.1) is 6.92 Å². The van der Waals surface area contributed by atoms with E-state index in [1.807, 2.05) is 46.9 Å². The van der Waals surface area contributed by atoms with Crippen molar-refractivity contribution in [2.75, 3.05) is 38.2 Å². The average Bonchev–Trinajstić information content (AvgIpc) is 3.44. The van der Waals surface area contributed by atoms with Crippen LogP contribution in [0.1, 0.15) is 5.89 Å². The van der Waals surface area contributed by atoms with Crippen LogP contribution in [0.3, 0.4) is 0 Å². The minimum atomic E-state index is 0.0810. The minimum absolute atomic E-state index is 0.0810. The molecule has 0 atom stereocenters. The van der Waals surface area contributed by atoms with Crippen molar-refractivity contribution in [1.82, 2.24) is 19.4 Å². The Morgan fingerprint density at radius 2 is 1.94 bits per heavy atom. The van der Waals surface area contributed by atoms with Crippen LogP contribution in [0.4, 0.5) is 5.69 Å². The maximum Gasteiger partial charge on any atom is 0.242 e. The lowest BCUT2D eigenvalue weighted by Crippen LogP contribution is -2.49. The number of anilines is 1. The second kappa shape index (κ2) is 8.78. The van der Waals surface area contributed by atoms with Crippen LogP contribution in [0.25, 0.3) is 22.4 Å². The van der Waals surface area contributed by atoms with E-state index in [9.17, 15) is 4.79 Å². The zero-order chi connectivity index (χ0) is 22.9. The van der Waals surface area contributed by atoms with Gasteiger partial charge in [-0.1, -0.05) is 11.6 Å². The Bertz CT molecular complexity index is 1310.